The van der Waals surface area contributed by atoms with Crippen LogP contribution in [0.15, 0.2) is 16.9 Å². The van der Waals surface area contributed by atoms with Crippen LogP contribution in [-0.2, 0) is 0 Å². The summed E-state index contributed by atoms with van der Waals surface area (Å²) in [5.41, 5.74) is 0.455. The SMILES string of the molecule is O=C(NCC1(CCl)CC1)c1ccon1. The minimum absolute atomic E-state index is 0.140. The van der Waals surface area contributed by atoms with Gasteiger partial charge in [0, 0.05) is 23.9 Å². The van der Waals surface area contributed by atoms with Crippen molar-refractivity contribution in [1.82, 2.24) is 10.5 Å². The van der Waals surface area contributed by atoms with Gasteiger partial charge in [-0.15, -0.1) is 11.6 Å². The number of nitrogens with one attached hydrogen (secondary N) is 1. The van der Waals surface area contributed by atoms with E-state index in [4.69, 9.17) is 11.6 Å². The number of carbonyl (C=O) groups is 1. The van der Waals surface area contributed by atoms with Crippen molar-refractivity contribution in [3.8, 4) is 0 Å². The lowest BCUT2D eigenvalue weighted by Gasteiger charge is -2.10. The smallest absolute Gasteiger partial charge is 0.273 e. The molecule has 0 spiro atoms. The van der Waals surface area contributed by atoms with Crippen LogP contribution in [0.4, 0.5) is 0 Å². The lowest BCUT2D eigenvalue weighted by atomic mass is 10.1. The van der Waals surface area contributed by atoms with Gasteiger partial charge in [-0.25, -0.2) is 0 Å². The Kier molecular flexibility index (Phi) is 2.46. The Morgan fingerprint density at radius 1 is 1.71 bits per heavy atom. The molecule has 1 aliphatic carbocycles. The van der Waals surface area contributed by atoms with Gasteiger partial charge >= 0.3 is 0 Å². The van der Waals surface area contributed by atoms with Crippen molar-refractivity contribution in [1.29, 1.82) is 0 Å². The molecule has 1 aromatic rings. The minimum atomic E-state index is -0.199. The second-order valence-electron chi connectivity index (χ2n) is 3.70. The molecule has 0 aromatic carbocycles. The fourth-order valence-electron chi connectivity index (χ4n) is 1.22. The summed E-state index contributed by atoms with van der Waals surface area (Å²) in [5, 5.41) is 6.34. The molecule has 1 N–H and O–H groups in total. The fraction of sp³-hybridized carbons (Fsp3) is 0.556. The summed E-state index contributed by atoms with van der Waals surface area (Å²) >= 11 is 5.78. The number of amides is 1. The van der Waals surface area contributed by atoms with E-state index >= 15 is 0 Å². The number of rotatable bonds is 4. The predicted octanol–water partition coefficient (Wildman–Crippen LogP) is 1.42. The van der Waals surface area contributed by atoms with Gasteiger partial charge in [-0.3, -0.25) is 4.79 Å². The van der Waals surface area contributed by atoms with Crippen LogP contribution in [0.2, 0.25) is 0 Å². The standard InChI is InChI=1S/C9H11ClN2O2/c10-5-9(2-3-9)6-11-8(13)7-1-4-14-12-7/h1,4H,2-3,5-6H2,(H,11,13). The summed E-state index contributed by atoms with van der Waals surface area (Å²) in [5.74, 6) is 0.404. The predicted molar refractivity (Wildman–Crippen MR) is 51.2 cm³/mol. The van der Waals surface area contributed by atoms with Crippen LogP contribution in [0, 0.1) is 5.41 Å². The largest absolute Gasteiger partial charge is 0.364 e. The second kappa shape index (κ2) is 3.61. The van der Waals surface area contributed by atoms with E-state index in [-0.39, 0.29) is 11.3 Å². The molecule has 1 aliphatic rings. The molecule has 0 radical (unpaired) electrons. The topological polar surface area (TPSA) is 55.1 Å². The van der Waals surface area contributed by atoms with Crippen molar-refractivity contribution in [2.75, 3.05) is 12.4 Å². The monoisotopic (exact) mass is 214 g/mol. The molecule has 76 valence electrons. The van der Waals surface area contributed by atoms with Gasteiger partial charge in [-0.05, 0) is 12.8 Å². The van der Waals surface area contributed by atoms with Crippen LogP contribution in [0.5, 0.6) is 0 Å². The van der Waals surface area contributed by atoms with Crippen LogP contribution in [0.3, 0.4) is 0 Å². The maximum Gasteiger partial charge on any atom is 0.273 e. The molecule has 5 heteroatoms. The minimum Gasteiger partial charge on any atom is -0.364 e. The van der Waals surface area contributed by atoms with Crippen molar-refractivity contribution < 1.29 is 9.32 Å². The first-order valence-electron chi connectivity index (χ1n) is 4.50. The Morgan fingerprint density at radius 3 is 3.00 bits per heavy atom. The van der Waals surface area contributed by atoms with Gasteiger partial charge in [0.2, 0.25) is 0 Å². The zero-order valence-electron chi connectivity index (χ0n) is 7.62. The highest BCUT2D eigenvalue weighted by molar-refractivity contribution is 6.18. The molecule has 4 nitrogen and oxygen atoms in total. The van der Waals surface area contributed by atoms with E-state index in [0.29, 0.717) is 18.1 Å². The summed E-state index contributed by atoms with van der Waals surface area (Å²) in [4.78, 5) is 11.4. The van der Waals surface area contributed by atoms with Crippen LogP contribution in [-0.4, -0.2) is 23.5 Å². The normalized spacial score (nSPS) is 17.8. The third-order valence-electron chi connectivity index (χ3n) is 2.53. The quantitative estimate of drug-likeness (QED) is 0.772. The first-order chi connectivity index (χ1) is 6.76. The molecular formula is C9H11ClN2O2. The van der Waals surface area contributed by atoms with Gasteiger partial charge in [-0.1, -0.05) is 5.16 Å². The van der Waals surface area contributed by atoms with Gasteiger partial charge in [0.1, 0.15) is 6.26 Å². The molecule has 0 aliphatic heterocycles. The van der Waals surface area contributed by atoms with E-state index < -0.39 is 0 Å². The van der Waals surface area contributed by atoms with E-state index in [2.05, 4.69) is 15.0 Å². The van der Waals surface area contributed by atoms with Crippen LogP contribution in [0.1, 0.15) is 23.3 Å². The van der Waals surface area contributed by atoms with E-state index in [1.54, 1.807) is 0 Å². The Balaban J connectivity index is 1.84. The Morgan fingerprint density at radius 2 is 2.50 bits per heavy atom. The molecular weight excluding hydrogens is 204 g/mol. The first-order valence-corrected chi connectivity index (χ1v) is 5.04. The van der Waals surface area contributed by atoms with Gasteiger partial charge in [-0.2, -0.15) is 0 Å². The lowest BCUT2D eigenvalue weighted by molar-refractivity contribution is 0.0937. The zero-order valence-corrected chi connectivity index (χ0v) is 8.38. The van der Waals surface area contributed by atoms with Crippen molar-refractivity contribution in [2.45, 2.75) is 12.8 Å². The van der Waals surface area contributed by atoms with Gasteiger partial charge in [0.25, 0.3) is 5.91 Å². The third-order valence-corrected chi connectivity index (χ3v) is 3.10. The lowest BCUT2D eigenvalue weighted by Crippen LogP contribution is -2.31. The van der Waals surface area contributed by atoms with Crippen molar-refractivity contribution >= 4 is 17.5 Å². The highest BCUT2D eigenvalue weighted by atomic mass is 35.5. The van der Waals surface area contributed by atoms with E-state index in [1.165, 1.54) is 12.3 Å². The molecule has 1 amide bonds. The molecule has 0 saturated heterocycles. The number of carbonyl (C=O) groups excluding carboxylic acids is 1. The third kappa shape index (κ3) is 1.90. The molecule has 1 aromatic heterocycles. The van der Waals surface area contributed by atoms with Crippen molar-refractivity contribution in [3.63, 3.8) is 0 Å². The highest BCUT2D eigenvalue weighted by Gasteiger charge is 2.41. The number of nitrogens with zero attached hydrogens (tertiary/aromatic N) is 1. The number of halogens is 1. The van der Waals surface area contributed by atoms with E-state index in [9.17, 15) is 4.79 Å². The second-order valence-corrected chi connectivity index (χ2v) is 3.97. The summed E-state index contributed by atoms with van der Waals surface area (Å²) in [7, 11) is 0. The van der Waals surface area contributed by atoms with Gasteiger partial charge < -0.3 is 9.84 Å². The average molecular weight is 215 g/mol. The van der Waals surface area contributed by atoms with Gasteiger partial charge in [0.05, 0.1) is 0 Å². The molecule has 0 bridgehead atoms. The fourth-order valence-corrected chi connectivity index (χ4v) is 1.58. The molecule has 0 unspecified atom stereocenters. The maximum atomic E-state index is 11.4. The molecule has 1 heterocycles. The summed E-state index contributed by atoms with van der Waals surface area (Å²) < 4.78 is 4.57. The number of hydrogen-bond donors (Lipinski definition) is 1. The highest BCUT2D eigenvalue weighted by Crippen LogP contribution is 2.45. The zero-order chi connectivity index (χ0) is 10.0. The molecule has 1 saturated carbocycles. The molecule has 1 fully saturated rings. The van der Waals surface area contributed by atoms with Crippen molar-refractivity contribution in [2.24, 2.45) is 5.41 Å². The Labute approximate surface area is 86.6 Å². The average Bonchev–Trinajstić information content (AvgIpc) is 2.78. The van der Waals surface area contributed by atoms with Crippen LogP contribution in [0.25, 0.3) is 0 Å². The first kappa shape index (κ1) is 9.52. The van der Waals surface area contributed by atoms with Gasteiger partial charge in [0.15, 0.2) is 5.69 Å². The molecule has 0 atom stereocenters. The number of alkyl halides is 1. The van der Waals surface area contributed by atoms with Crippen LogP contribution >= 0.6 is 11.6 Å². The maximum absolute atomic E-state index is 11.4. The summed E-state index contributed by atoms with van der Waals surface area (Å²) in [6.07, 6.45) is 3.56. The summed E-state index contributed by atoms with van der Waals surface area (Å²) in [6, 6.07) is 1.54. The Hall–Kier alpha value is -1.03. The summed E-state index contributed by atoms with van der Waals surface area (Å²) in [6.45, 7) is 0.627. The Bertz CT molecular complexity index is 320. The van der Waals surface area contributed by atoms with Crippen LogP contribution < -0.4 is 5.32 Å². The number of aromatic nitrogens is 1. The van der Waals surface area contributed by atoms with Crippen molar-refractivity contribution in [3.05, 3.63) is 18.0 Å². The van der Waals surface area contributed by atoms with E-state index in [0.717, 1.165) is 12.8 Å². The number of hydrogen-bond acceptors (Lipinski definition) is 3. The molecule has 14 heavy (non-hydrogen) atoms. The van der Waals surface area contributed by atoms with E-state index in [1.807, 2.05) is 0 Å². The molecule has 2 rings (SSSR count).